The molecule has 0 aliphatic rings. The molecule has 0 saturated carbocycles. The Morgan fingerprint density at radius 3 is 0.910 bits per heavy atom. The van der Waals surface area contributed by atoms with E-state index < -0.39 is 97.5 Å². The summed E-state index contributed by atoms with van der Waals surface area (Å²) >= 11 is 0. The second-order valence-electron chi connectivity index (χ2n) is 22.8. The topological polar surface area (TPSA) is 237 Å². The molecule has 0 aliphatic carbocycles. The molecule has 0 spiro atoms. The van der Waals surface area contributed by atoms with E-state index in [1.807, 2.05) is 0 Å². The van der Waals surface area contributed by atoms with E-state index in [9.17, 15) is 43.2 Å². The van der Waals surface area contributed by atoms with Crippen LogP contribution >= 0.6 is 15.6 Å². The van der Waals surface area contributed by atoms with E-state index >= 15 is 0 Å². The van der Waals surface area contributed by atoms with E-state index in [1.165, 1.54) is 64.2 Å². The van der Waals surface area contributed by atoms with Gasteiger partial charge in [0.1, 0.15) is 19.3 Å². The van der Waals surface area contributed by atoms with E-state index in [0.29, 0.717) is 37.5 Å². The summed E-state index contributed by atoms with van der Waals surface area (Å²) in [5.74, 6) is 0.645. The van der Waals surface area contributed by atoms with Crippen LogP contribution in [0.4, 0.5) is 0 Å². The first-order valence-corrected chi connectivity index (χ1v) is 33.8. The van der Waals surface area contributed by atoms with E-state index in [-0.39, 0.29) is 25.7 Å². The lowest BCUT2D eigenvalue weighted by atomic mass is 10.00. The van der Waals surface area contributed by atoms with Crippen molar-refractivity contribution < 1.29 is 80.2 Å². The van der Waals surface area contributed by atoms with E-state index in [1.54, 1.807) is 0 Å². The minimum Gasteiger partial charge on any atom is -0.462 e. The number of aliphatic hydroxyl groups excluding tert-OH is 1. The van der Waals surface area contributed by atoms with Gasteiger partial charge in [0.15, 0.2) is 12.2 Å². The predicted molar refractivity (Wildman–Crippen MR) is 307 cm³/mol. The largest absolute Gasteiger partial charge is 0.472 e. The van der Waals surface area contributed by atoms with Crippen molar-refractivity contribution in [3.05, 3.63) is 0 Å². The zero-order valence-electron chi connectivity index (χ0n) is 50.3. The van der Waals surface area contributed by atoms with Crippen molar-refractivity contribution in [2.75, 3.05) is 39.6 Å². The molecule has 0 saturated heterocycles. The van der Waals surface area contributed by atoms with Crippen molar-refractivity contribution in [3.8, 4) is 0 Å². The van der Waals surface area contributed by atoms with Gasteiger partial charge in [0.25, 0.3) is 0 Å². The van der Waals surface area contributed by atoms with Crippen molar-refractivity contribution in [1.82, 2.24) is 0 Å². The summed E-state index contributed by atoms with van der Waals surface area (Å²) in [6.07, 6.45) is 27.0. The summed E-state index contributed by atoms with van der Waals surface area (Å²) in [6, 6.07) is 0. The number of phosphoric ester groups is 2. The fourth-order valence-corrected chi connectivity index (χ4v) is 10.1. The molecule has 0 aromatic rings. The molecule has 78 heavy (non-hydrogen) atoms. The number of rotatable bonds is 56. The number of carbonyl (C=O) groups is 4. The van der Waals surface area contributed by atoms with E-state index in [2.05, 4.69) is 55.4 Å². The molecule has 0 amide bonds. The Bertz CT molecular complexity index is 1580. The second-order valence-corrected chi connectivity index (χ2v) is 25.7. The minimum atomic E-state index is -4.94. The first-order valence-electron chi connectivity index (χ1n) is 30.8. The van der Waals surface area contributed by atoms with Crippen LogP contribution in [0, 0.1) is 23.7 Å². The Labute approximate surface area is 473 Å². The number of carbonyl (C=O) groups excluding carboxylic acids is 4. The van der Waals surface area contributed by atoms with Crippen LogP contribution in [-0.2, 0) is 65.4 Å². The third kappa shape index (κ3) is 51.0. The van der Waals surface area contributed by atoms with Gasteiger partial charge in [0, 0.05) is 25.7 Å². The summed E-state index contributed by atoms with van der Waals surface area (Å²) in [4.78, 5) is 71.9. The highest BCUT2D eigenvalue weighted by Gasteiger charge is 2.30. The fourth-order valence-electron chi connectivity index (χ4n) is 8.48. The van der Waals surface area contributed by atoms with Gasteiger partial charge in [-0.2, -0.15) is 0 Å². The van der Waals surface area contributed by atoms with Gasteiger partial charge >= 0.3 is 39.5 Å². The third-order valence-electron chi connectivity index (χ3n) is 14.0. The van der Waals surface area contributed by atoms with Gasteiger partial charge in [-0.15, -0.1) is 0 Å². The molecule has 7 atom stereocenters. The Kier molecular flexibility index (Phi) is 48.4. The molecule has 0 aromatic heterocycles. The molecule has 0 heterocycles. The molecule has 17 nitrogen and oxygen atoms in total. The smallest absolute Gasteiger partial charge is 0.462 e. The van der Waals surface area contributed by atoms with Crippen molar-refractivity contribution >= 4 is 39.5 Å². The standard InChI is InChI=1S/C59H114O17P2/c1-9-51(7)37-29-21-13-17-24-32-40-57(62)70-46-55(76-59(64)42-34-26-18-14-22-30-38-52(8)10-2)48-74-78(67,68)72-44-53(60)43-71-77(65,66)73-47-54(75-58(63)41-33-25-16-12-20-28-36-50(5)6)45-69-56(61)39-31-23-15-11-19-27-35-49(3)4/h49-55,60H,9-48H2,1-8H3,(H,65,66)(H,67,68)/t51?,52?,53-,54+,55+/m0/s1. The highest BCUT2D eigenvalue weighted by molar-refractivity contribution is 7.47. The summed E-state index contributed by atoms with van der Waals surface area (Å²) in [5.41, 5.74) is 0. The Hall–Kier alpha value is -1.94. The van der Waals surface area contributed by atoms with Gasteiger partial charge in [0.05, 0.1) is 26.4 Å². The van der Waals surface area contributed by atoms with Crippen molar-refractivity contribution in [2.24, 2.45) is 23.7 Å². The maximum absolute atomic E-state index is 12.9. The number of hydrogen-bond donors (Lipinski definition) is 3. The zero-order chi connectivity index (χ0) is 58.3. The number of ether oxygens (including phenoxy) is 4. The average Bonchev–Trinajstić information content (AvgIpc) is 3.39. The SMILES string of the molecule is CCC(C)CCCCCCCCC(=O)OC[C@H](COP(=O)(O)OC[C@@H](O)COP(=O)(O)OC[C@@H](COC(=O)CCCCCCCCC(C)C)OC(=O)CCCCCCCCC(C)C)OC(=O)CCCCCCCCC(C)CC. The van der Waals surface area contributed by atoms with Crippen molar-refractivity contribution in [1.29, 1.82) is 0 Å². The van der Waals surface area contributed by atoms with Crippen LogP contribution in [-0.4, -0.2) is 96.7 Å². The van der Waals surface area contributed by atoms with Gasteiger partial charge in [-0.1, -0.05) is 222 Å². The molecular formula is C59H114O17P2. The van der Waals surface area contributed by atoms with Crippen LogP contribution in [0.3, 0.4) is 0 Å². The summed E-state index contributed by atoms with van der Waals surface area (Å²) in [7, 11) is -9.88. The molecule has 0 radical (unpaired) electrons. The Morgan fingerprint density at radius 2 is 0.615 bits per heavy atom. The average molecular weight is 1160 g/mol. The quantitative estimate of drug-likeness (QED) is 0.0222. The highest BCUT2D eigenvalue weighted by Crippen LogP contribution is 2.45. The fraction of sp³-hybridized carbons (Fsp3) is 0.932. The second kappa shape index (κ2) is 49.7. The minimum absolute atomic E-state index is 0.100. The molecule has 0 bridgehead atoms. The number of esters is 4. The molecule has 462 valence electrons. The highest BCUT2D eigenvalue weighted by atomic mass is 31.2. The molecule has 0 aliphatic heterocycles. The Balaban J connectivity index is 5.26. The third-order valence-corrected chi connectivity index (χ3v) is 15.9. The normalized spacial score (nSPS) is 15.3. The molecule has 19 heteroatoms. The van der Waals surface area contributed by atoms with Crippen LogP contribution < -0.4 is 0 Å². The van der Waals surface area contributed by atoms with Gasteiger partial charge in [-0.3, -0.25) is 37.3 Å². The van der Waals surface area contributed by atoms with Crippen molar-refractivity contribution in [2.45, 2.75) is 292 Å². The summed E-state index contributed by atoms with van der Waals surface area (Å²) in [5, 5.41) is 10.5. The number of aliphatic hydroxyl groups is 1. The predicted octanol–water partition coefficient (Wildman–Crippen LogP) is 15.4. The van der Waals surface area contributed by atoms with Crippen LogP contribution in [0.1, 0.15) is 274 Å². The van der Waals surface area contributed by atoms with E-state index in [0.717, 1.165) is 115 Å². The lowest BCUT2D eigenvalue weighted by molar-refractivity contribution is -0.161. The number of unbranched alkanes of at least 4 members (excludes halogenated alkanes) is 20. The van der Waals surface area contributed by atoms with E-state index in [4.69, 9.17) is 37.0 Å². The molecular weight excluding hydrogens is 1040 g/mol. The molecule has 4 unspecified atom stereocenters. The molecule has 0 aromatic carbocycles. The Morgan fingerprint density at radius 1 is 0.359 bits per heavy atom. The maximum Gasteiger partial charge on any atom is 0.472 e. The van der Waals surface area contributed by atoms with Crippen LogP contribution in [0.5, 0.6) is 0 Å². The number of phosphoric acid groups is 2. The van der Waals surface area contributed by atoms with Gasteiger partial charge < -0.3 is 33.8 Å². The molecule has 0 rings (SSSR count). The van der Waals surface area contributed by atoms with Gasteiger partial charge in [-0.05, 0) is 49.4 Å². The summed E-state index contributed by atoms with van der Waals surface area (Å²) in [6.45, 7) is 13.8. The van der Waals surface area contributed by atoms with Gasteiger partial charge in [-0.25, -0.2) is 9.13 Å². The summed E-state index contributed by atoms with van der Waals surface area (Å²) < 4.78 is 67.7. The van der Waals surface area contributed by atoms with Gasteiger partial charge in [0.2, 0.25) is 0 Å². The first-order chi connectivity index (χ1) is 37.2. The monoisotopic (exact) mass is 1160 g/mol. The van der Waals surface area contributed by atoms with Crippen LogP contribution in [0.2, 0.25) is 0 Å². The van der Waals surface area contributed by atoms with Crippen molar-refractivity contribution in [3.63, 3.8) is 0 Å². The van der Waals surface area contributed by atoms with Crippen LogP contribution in [0.15, 0.2) is 0 Å². The molecule has 3 N–H and O–H groups in total. The van der Waals surface area contributed by atoms with Crippen LogP contribution in [0.25, 0.3) is 0 Å². The first kappa shape index (κ1) is 76.1. The number of hydrogen-bond acceptors (Lipinski definition) is 15. The zero-order valence-corrected chi connectivity index (χ0v) is 52.1. The molecule has 0 fully saturated rings. The lowest BCUT2D eigenvalue weighted by Gasteiger charge is -2.21. The maximum atomic E-state index is 12.9. The lowest BCUT2D eigenvalue weighted by Crippen LogP contribution is -2.30.